The molecule has 0 bridgehead atoms. The zero-order chi connectivity index (χ0) is 14.2. The van der Waals surface area contributed by atoms with Gasteiger partial charge in [0, 0.05) is 5.56 Å². The highest BCUT2D eigenvalue weighted by Gasteiger charge is 1.97. The molecule has 3 nitrogen and oxygen atoms in total. The van der Waals surface area contributed by atoms with Crippen molar-refractivity contribution in [3.63, 3.8) is 0 Å². The normalized spacial score (nSPS) is 10.8. The van der Waals surface area contributed by atoms with Crippen LogP contribution in [0.2, 0.25) is 0 Å². The first-order chi connectivity index (χ1) is 9.75. The molecule has 0 heterocycles. The van der Waals surface area contributed by atoms with Gasteiger partial charge >= 0.3 is 0 Å². The Kier molecular flexibility index (Phi) is 5.09. The molecule has 0 atom stereocenters. The van der Waals surface area contributed by atoms with E-state index >= 15 is 0 Å². The van der Waals surface area contributed by atoms with E-state index in [1.165, 1.54) is 0 Å². The molecule has 102 valence electrons. The van der Waals surface area contributed by atoms with Crippen LogP contribution in [0.5, 0.6) is 0 Å². The second-order valence-corrected chi connectivity index (χ2v) is 4.39. The SMILES string of the molecule is NC(=O)c1ccc(/C=C/COCc2ccccc2)cc1. The monoisotopic (exact) mass is 267 g/mol. The van der Waals surface area contributed by atoms with Gasteiger partial charge in [-0.3, -0.25) is 4.79 Å². The quantitative estimate of drug-likeness (QED) is 0.818. The lowest BCUT2D eigenvalue weighted by Gasteiger charge is -2.01. The van der Waals surface area contributed by atoms with Gasteiger partial charge in [0.05, 0.1) is 13.2 Å². The second-order valence-electron chi connectivity index (χ2n) is 4.39. The largest absolute Gasteiger partial charge is 0.373 e. The van der Waals surface area contributed by atoms with Crippen LogP contribution in [0.3, 0.4) is 0 Å². The average Bonchev–Trinajstić information content (AvgIpc) is 2.48. The number of hydrogen-bond donors (Lipinski definition) is 1. The topological polar surface area (TPSA) is 52.3 Å². The van der Waals surface area contributed by atoms with Gasteiger partial charge in [0.2, 0.25) is 5.91 Å². The minimum absolute atomic E-state index is 0.410. The third kappa shape index (κ3) is 4.37. The van der Waals surface area contributed by atoms with Gasteiger partial charge in [-0.05, 0) is 23.3 Å². The Hall–Kier alpha value is -2.39. The van der Waals surface area contributed by atoms with Gasteiger partial charge in [0.1, 0.15) is 0 Å². The number of carbonyl (C=O) groups is 1. The van der Waals surface area contributed by atoms with E-state index < -0.39 is 5.91 Å². The van der Waals surface area contributed by atoms with E-state index in [0.29, 0.717) is 18.8 Å². The van der Waals surface area contributed by atoms with Gasteiger partial charge < -0.3 is 10.5 Å². The Balaban J connectivity index is 1.77. The van der Waals surface area contributed by atoms with Crippen LogP contribution < -0.4 is 5.73 Å². The summed E-state index contributed by atoms with van der Waals surface area (Å²) in [5.74, 6) is -0.410. The summed E-state index contributed by atoms with van der Waals surface area (Å²) >= 11 is 0. The summed E-state index contributed by atoms with van der Waals surface area (Å²) < 4.78 is 5.54. The molecule has 0 aliphatic heterocycles. The minimum Gasteiger partial charge on any atom is -0.373 e. The zero-order valence-corrected chi connectivity index (χ0v) is 11.2. The lowest BCUT2D eigenvalue weighted by Crippen LogP contribution is -2.10. The first-order valence-electron chi connectivity index (χ1n) is 6.44. The van der Waals surface area contributed by atoms with Crippen LogP contribution in [-0.4, -0.2) is 12.5 Å². The van der Waals surface area contributed by atoms with Crippen molar-refractivity contribution < 1.29 is 9.53 Å². The molecule has 0 saturated heterocycles. The van der Waals surface area contributed by atoms with Crippen molar-refractivity contribution in [3.05, 3.63) is 77.4 Å². The molecule has 20 heavy (non-hydrogen) atoms. The van der Waals surface area contributed by atoms with Gasteiger partial charge in [-0.2, -0.15) is 0 Å². The zero-order valence-electron chi connectivity index (χ0n) is 11.2. The molecule has 0 fully saturated rings. The summed E-state index contributed by atoms with van der Waals surface area (Å²) in [6, 6.07) is 17.2. The molecule has 0 aromatic heterocycles. The molecule has 0 aliphatic rings. The molecule has 1 amide bonds. The third-order valence-corrected chi connectivity index (χ3v) is 2.83. The standard InChI is InChI=1S/C17H17NO2/c18-17(19)16-10-8-14(9-11-16)7-4-12-20-13-15-5-2-1-3-6-15/h1-11H,12-13H2,(H2,18,19)/b7-4+. The first kappa shape index (κ1) is 14.0. The van der Waals surface area contributed by atoms with Crippen molar-refractivity contribution in [1.82, 2.24) is 0 Å². The van der Waals surface area contributed by atoms with Gasteiger partial charge in [-0.1, -0.05) is 54.6 Å². The summed E-state index contributed by atoms with van der Waals surface area (Å²) in [6.07, 6.45) is 3.90. The van der Waals surface area contributed by atoms with Crippen molar-refractivity contribution in [2.24, 2.45) is 5.73 Å². The smallest absolute Gasteiger partial charge is 0.248 e. The highest BCUT2D eigenvalue weighted by molar-refractivity contribution is 5.92. The minimum atomic E-state index is -0.410. The lowest BCUT2D eigenvalue weighted by atomic mass is 10.1. The lowest BCUT2D eigenvalue weighted by molar-refractivity contribution is 0.100. The van der Waals surface area contributed by atoms with Crippen LogP contribution in [-0.2, 0) is 11.3 Å². The highest BCUT2D eigenvalue weighted by Crippen LogP contribution is 2.06. The molecule has 0 saturated carbocycles. The number of benzene rings is 2. The van der Waals surface area contributed by atoms with Crippen LogP contribution in [0, 0.1) is 0 Å². The van der Waals surface area contributed by atoms with E-state index in [2.05, 4.69) is 0 Å². The second kappa shape index (κ2) is 7.26. The molecular weight excluding hydrogens is 250 g/mol. The Morgan fingerprint density at radius 2 is 1.75 bits per heavy atom. The van der Waals surface area contributed by atoms with E-state index in [9.17, 15) is 4.79 Å². The van der Waals surface area contributed by atoms with Crippen LogP contribution in [0.25, 0.3) is 6.08 Å². The van der Waals surface area contributed by atoms with E-state index in [4.69, 9.17) is 10.5 Å². The van der Waals surface area contributed by atoms with Crippen LogP contribution in [0.15, 0.2) is 60.7 Å². The maximum absolute atomic E-state index is 10.9. The molecule has 2 aromatic rings. The van der Waals surface area contributed by atoms with E-state index in [0.717, 1.165) is 11.1 Å². The summed E-state index contributed by atoms with van der Waals surface area (Å²) in [5, 5.41) is 0. The van der Waals surface area contributed by atoms with Crippen molar-refractivity contribution in [1.29, 1.82) is 0 Å². The Bertz CT molecular complexity index is 574. The summed E-state index contributed by atoms with van der Waals surface area (Å²) in [5.41, 5.74) is 7.87. The number of carbonyl (C=O) groups excluding carboxylic acids is 1. The van der Waals surface area contributed by atoms with Crippen LogP contribution in [0.1, 0.15) is 21.5 Å². The summed E-state index contributed by atoms with van der Waals surface area (Å²) in [4.78, 5) is 10.9. The number of hydrogen-bond acceptors (Lipinski definition) is 2. The van der Waals surface area contributed by atoms with Gasteiger partial charge in [0.15, 0.2) is 0 Å². The van der Waals surface area contributed by atoms with Gasteiger partial charge in [-0.25, -0.2) is 0 Å². The summed E-state index contributed by atoms with van der Waals surface area (Å²) in [6.45, 7) is 1.15. The fourth-order valence-electron chi connectivity index (χ4n) is 1.76. The van der Waals surface area contributed by atoms with Crippen LogP contribution >= 0.6 is 0 Å². The number of rotatable bonds is 6. The molecular formula is C17H17NO2. The third-order valence-electron chi connectivity index (χ3n) is 2.83. The predicted octanol–water partition coefficient (Wildman–Crippen LogP) is 3.02. The Morgan fingerprint density at radius 1 is 1.05 bits per heavy atom. The number of nitrogens with two attached hydrogens (primary N) is 1. The maximum Gasteiger partial charge on any atom is 0.248 e. The van der Waals surface area contributed by atoms with Gasteiger partial charge in [0.25, 0.3) is 0 Å². The van der Waals surface area contributed by atoms with E-state index in [-0.39, 0.29) is 0 Å². The van der Waals surface area contributed by atoms with Crippen molar-refractivity contribution in [2.75, 3.05) is 6.61 Å². The fraction of sp³-hybridized carbons (Fsp3) is 0.118. The first-order valence-corrected chi connectivity index (χ1v) is 6.44. The highest BCUT2D eigenvalue weighted by atomic mass is 16.5. The molecule has 0 unspecified atom stereocenters. The van der Waals surface area contributed by atoms with Crippen molar-refractivity contribution in [2.45, 2.75) is 6.61 Å². The average molecular weight is 267 g/mol. The maximum atomic E-state index is 10.9. The Labute approximate surface area is 118 Å². The molecule has 2 aromatic carbocycles. The fourth-order valence-corrected chi connectivity index (χ4v) is 1.76. The van der Waals surface area contributed by atoms with E-state index in [1.807, 2.05) is 54.6 Å². The molecule has 2 N–H and O–H groups in total. The number of primary amides is 1. The molecule has 0 spiro atoms. The molecule has 0 radical (unpaired) electrons. The van der Waals surface area contributed by atoms with E-state index in [1.54, 1.807) is 12.1 Å². The predicted molar refractivity (Wildman–Crippen MR) is 80.1 cm³/mol. The number of ether oxygens (including phenoxy) is 1. The summed E-state index contributed by atoms with van der Waals surface area (Å²) in [7, 11) is 0. The number of amides is 1. The van der Waals surface area contributed by atoms with Crippen LogP contribution in [0.4, 0.5) is 0 Å². The van der Waals surface area contributed by atoms with Gasteiger partial charge in [-0.15, -0.1) is 0 Å². The molecule has 0 aliphatic carbocycles. The van der Waals surface area contributed by atoms with Crippen molar-refractivity contribution >= 4 is 12.0 Å². The Morgan fingerprint density at radius 3 is 2.40 bits per heavy atom. The molecule has 2 rings (SSSR count). The molecule has 3 heteroatoms. The van der Waals surface area contributed by atoms with Crippen molar-refractivity contribution in [3.8, 4) is 0 Å².